The average molecular weight is 226 g/mol. The van der Waals surface area contributed by atoms with Gasteiger partial charge in [-0.05, 0) is 0 Å². The van der Waals surface area contributed by atoms with Gasteiger partial charge >= 0.3 is 5.69 Å². The highest BCUT2D eigenvalue weighted by atomic mass is 16.7. The van der Waals surface area contributed by atoms with Crippen LogP contribution in [0.25, 0.3) is 0 Å². The fraction of sp³-hybridized carbons (Fsp3) is 0.556. The zero-order chi connectivity index (χ0) is 11.3. The zero-order valence-corrected chi connectivity index (χ0v) is 8.20. The SMILES string of the molecule is O=c1ccn([C@@H]2O[C@H](CO)C3O[C@@H]32)c(=O)[nH]1. The van der Waals surface area contributed by atoms with E-state index in [0.717, 1.165) is 0 Å². The van der Waals surface area contributed by atoms with E-state index >= 15 is 0 Å². The van der Waals surface area contributed by atoms with Gasteiger partial charge in [-0.1, -0.05) is 0 Å². The van der Waals surface area contributed by atoms with Crippen LogP contribution in [0.2, 0.25) is 0 Å². The van der Waals surface area contributed by atoms with E-state index in [4.69, 9.17) is 14.6 Å². The summed E-state index contributed by atoms with van der Waals surface area (Å²) in [4.78, 5) is 24.5. The Morgan fingerprint density at radius 3 is 2.81 bits per heavy atom. The largest absolute Gasteiger partial charge is 0.394 e. The van der Waals surface area contributed by atoms with Gasteiger partial charge < -0.3 is 14.6 Å². The molecule has 0 radical (unpaired) electrons. The molecule has 1 aromatic heterocycles. The number of aliphatic hydroxyl groups excluding tert-OH is 1. The first-order valence-electron chi connectivity index (χ1n) is 4.94. The number of nitrogens with zero attached hydrogens (tertiary/aromatic N) is 1. The molecule has 2 N–H and O–H groups in total. The molecule has 7 heteroatoms. The van der Waals surface area contributed by atoms with Crippen molar-refractivity contribution in [2.45, 2.75) is 24.5 Å². The van der Waals surface area contributed by atoms with E-state index in [2.05, 4.69) is 4.98 Å². The number of rotatable bonds is 2. The summed E-state index contributed by atoms with van der Waals surface area (Å²) >= 11 is 0. The van der Waals surface area contributed by atoms with Gasteiger partial charge in [0.25, 0.3) is 5.56 Å². The highest BCUT2D eigenvalue weighted by Gasteiger charge is 2.58. The minimum atomic E-state index is -0.563. The van der Waals surface area contributed by atoms with Crippen LogP contribution in [0.1, 0.15) is 6.23 Å². The smallest absolute Gasteiger partial charge is 0.330 e. The van der Waals surface area contributed by atoms with Crippen molar-refractivity contribution < 1.29 is 14.6 Å². The maximum absolute atomic E-state index is 11.5. The van der Waals surface area contributed by atoms with Crippen LogP contribution < -0.4 is 11.2 Å². The fourth-order valence-electron chi connectivity index (χ4n) is 2.00. The van der Waals surface area contributed by atoms with E-state index in [0.29, 0.717) is 0 Å². The van der Waals surface area contributed by atoms with Gasteiger partial charge in [0.15, 0.2) is 6.23 Å². The lowest BCUT2D eigenvalue weighted by molar-refractivity contribution is -0.0856. The number of nitrogens with one attached hydrogen (secondary N) is 1. The van der Waals surface area contributed by atoms with Crippen molar-refractivity contribution in [3.8, 4) is 0 Å². The summed E-state index contributed by atoms with van der Waals surface area (Å²) in [5.74, 6) is 0. The molecule has 16 heavy (non-hydrogen) atoms. The molecule has 3 heterocycles. The Balaban J connectivity index is 1.94. The van der Waals surface area contributed by atoms with Crippen LogP contribution in [-0.4, -0.2) is 39.6 Å². The average Bonchev–Trinajstić information content (AvgIpc) is 2.96. The number of aliphatic hydroxyl groups is 1. The molecule has 86 valence electrons. The third-order valence-electron chi connectivity index (χ3n) is 2.83. The molecule has 7 nitrogen and oxygen atoms in total. The predicted molar refractivity (Wildman–Crippen MR) is 51.0 cm³/mol. The second kappa shape index (κ2) is 3.27. The number of hydrogen-bond acceptors (Lipinski definition) is 5. The summed E-state index contributed by atoms with van der Waals surface area (Å²) in [6.07, 6.45) is 0.0551. The minimum absolute atomic E-state index is 0.143. The number of hydrogen-bond donors (Lipinski definition) is 2. The lowest BCUT2D eigenvalue weighted by atomic mass is 10.2. The molecule has 0 saturated carbocycles. The van der Waals surface area contributed by atoms with E-state index in [1.165, 1.54) is 16.8 Å². The molecule has 0 bridgehead atoms. The zero-order valence-electron chi connectivity index (χ0n) is 8.20. The molecule has 2 saturated heterocycles. The Labute approximate surface area is 89.2 Å². The van der Waals surface area contributed by atoms with Crippen molar-refractivity contribution in [3.05, 3.63) is 33.1 Å². The van der Waals surface area contributed by atoms with Crippen LogP contribution in [0.5, 0.6) is 0 Å². The first-order valence-corrected chi connectivity index (χ1v) is 4.94. The molecule has 0 spiro atoms. The fourth-order valence-corrected chi connectivity index (χ4v) is 2.00. The summed E-state index contributed by atoms with van der Waals surface area (Å²) in [6.45, 7) is -0.143. The molecule has 0 aliphatic carbocycles. The second-order valence-electron chi connectivity index (χ2n) is 3.83. The van der Waals surface area contributed by atoms with Gasteiger partial charge in [0.2, 0.25) is 0 Å². The topological polar surface area (TPSA) is 96.8 Å². The van der Waals surface area contributed by atoms with Crippen molar-refractivity contribution >= 4 is 0 Å². The highest BCUT2D eigenvalue weighted by molar-refractivity contribution is 5.02. The van der Waals surface area contributed by atoms with Crippen LogP contribution in [0.3, 0.4) is 0 Å². The molecule has 1 aromatic rings. The van der Waals surface area contributed by atoms with Gasteiger partial charge in [0.1, 0.15) is 18.3 Å². The van der Waals surface area contributed by atoms with E-state index in [1.807, 2.05) is 0 Å². The monoisotopic (exact) mass is 226 g/mol. The Hall–Kier alpha value is -1.44. The number of aromatic amines is 1. The number of aromatic nitrogens is 2. The van der Waals surface area contributed by atoms with E-state index in [9.17, 15) is 9.59 Å². The molecular weight excluding hydrogens is 216 g/mol. The van der Waals surface area contributed by atoms with E-state index < -0.39 is 23.6 Å². The number of fused-ring (bicyclic) bond motifs is 1. The van der Waals surface area contributed by atoms with Gasteiger partial charge in [-0.25, -0.2) is 4.79 Å². The summed E-state index contributed by atoms with van der Waals surface area (Å²) in [5, 5.41) is 8.99. The first kappa shape index (κ1) is 9.76. The Morgan fingerprint density at radius 2 is 2.19 bits per heavy atom. The summed E-state index contributed by atoms with van der Waals surface area (Å²) in [7, 11) is 0. The van der Waals surface area contributed by atoms with Gasteiger partial charge in [-0.3, -0.25) is 14.3 Å². The molecular formula is C9H10N2O5. The van der Waals surface area contributed by atoms with Crippen molar-refractivity contribution in [3.63, 3.8) is 0 Å². The summed E-state index contributed by atoms with van der Waals surface area (Å²) in [5.41, 5.74) is -0.989. The van der Waals surface area contributed by atoms with Gasteiger partial charge in [0.05, 0.1) is 6.61 Å². The Morgan fingerprint density at radius 1 is 1.38 bits per heavy atom. The van der Waals surface area contributed by atoms with Gasteiger partial charge in [-0.15, -0.1) is 0 Å². The van der Waals surface area contributed by atoms with Crippen molar-refractivity contribution in [2.75, 3.05) is 6.61 Å². The van der Waals surface area contributed by atoms with E-state index in [-0.39, 0.29) is 18.8 Å². The van der Waals surface area contributed by atoms with Crippen LogP contribution in [0, 0.1) is 0 Å². The molecule has 2 fully saturated rings. The lowest BCUT2D eigenvalue weighted by Crippen LogP contribution is -2.34. The number of H-pyrrole nitrogens is 1. The Bertz CT molecular complexity index is 521. The van der Waals surface area contributed by atoms with Crippen molar-refractivity contribution in [1.82, 2.24) is 9.55 Å². The van der Waals surface area contributed by atoms with Crippen LogP contribution in [-0.2, 0) is 9.47 Å². The molecule has 2 aliphatic rings. The summed E-state index contributed by atoms with van der Waals surface area (Å²) in [6, 6.07) is 1.24. The predicted octanol–water partition coefficient (Wildman–Crippen LogP) is -1.81. The quantitative estimate of drug-likeness (QED) is 0.579. The summed E-state index contributed by atoms with van der Waals surface area (Å²) < 4.78 is 12.0. The second-order valence-corrected chi connectivity index (χ2v) is 3.83. The van der Waals surface area contributed by atoms with E-state index in [1.54, 1.807) is 0 Å². The van der Waals surface area contributed by atoms with Crippen LogP contribution >= 0.6 is 0 Å². The van der Waals surface area contributed by atoms with Crippen LogP contribution in [0.4, 0.5) is 0 Å². The standard InChI is InChI=1S/C9H10N2O5/c12-3-4-6-7(16-6)8(15-4)11-2-1-5(13)10-9(11)14/h1-2,4,6-8,12H,3H2,(H,10,13,14)/t4-,6?,7+,8-/m1/s1. The maximum Gasteiger partial charge on any atom is 0.330 e. The van der Waals surface area contributed by atoms with Gasteiger partial charge in [-0.2, -0.15) is 0 Å². The third kappa shape index (κ3) is 1.33. The molecule has 1 unspecified atom stereocenters. The van der Waals surface area contributed by atoms with Gasteiger partial charge in [0, 0.05) is 12.3 Å². The first-order chi connectivity index (χ1) is 7.70. The molecule has 2 aliphatic heterocycles. The normalized spacial score (nSPS) is 36.1. The highest BCUT2D eigenvalue weighted by Crippen LogP contribution is 2.43. The van der Waals surface area contributed by atoms with Crippen LogP contribution in [0.15, 0.2) is 21.9 Å². The lowest BCUT2D eigenvalue weighted by Gasteiger charge is -2.17. The molecule has 0 amide bonds. The number of epoxide rings is 1. The maximum atomic E-state index is 11.5. The minimum Gasteiger partial charge on any atom is -0.394 e. The molecule has 4 atom stereocenters. The van der Waals surface area contributed by atoms with Crippen molar-refractivity contribution in [2.24, 2.45) is 0 Å². The number of ether oxygens (including phenoxy) is 2. The van der Waals surface area contributed by atoms with Crippen molar-refractivity contribution in [1.29, 1.82) is 0 Å². The third-order valence-corrected chi connectivity index (χ3v) is 2.83. The Kier molecular flexibility index (Phi) is 2.00. The molecule has 0 aromatic carbocycles. The molecule has 3 rings (SSSR count).